The summed E-state index contributed by atoms with van der Waals surface area (Å²) in [7, 11) is 0. The van der Waals surface area contributed by atoms with Crippen molar-refractivity contribution < 1.29 is 27.9 Å². The van der Waals surface area contributed by atoms with Gasteiger partial charge in [0.25, 0.3) is 0 Å². The number of carbonyl (C=O) groups is 1. The Kier molecular flexibility index (Phi) is 2.76. The van der Waals surface area contributed by atoms with Crippen LogP contribution in [0.25, 0.3) is 0 Å². The average molecular weight is 259 g/mol. The summed E-state index contributed by atoms with van der Waals surface area (Å²) in [6, 6.07) is 1.49. The highest BCUT2D eigenvalue weighted by atomic mass is 19.2. The predicted octanol–water partition coefficient (Wildman–Crippen LogP) is 2.07. The third-order valence-electron chi connectivity index (χ3n) is 2.63. The Morgan fingerprint density at radius 1 is 1.39 bits per heavy atom. The van der Waals surface area contributed by atoms with Gasteiger partial charge in [-0.1, -0.05) is 5.16 Å². The largest absolute Gasteiger partial charge is 0.478 e. The van der Waals surface area contributed by atoms with Crippen molar-refractivity contribution in [2.45, 2.75) is 18.9 Å². The second-order valence-corrected chi connectivity index (χ2v) is 4.10. The third kappa shape index (κ3) is 1.92. The summed E-state index contributed by atoms with van der Waals surface area (Å²) in [6.45, 7) is 1.28. The molecule has 0 aromatic heterocycles. The summed E-state index contributed by atoms with van der Waals surface area (Å²) in [5.41, 5.74) is -1.56. The van der Waals surface area contributed by atoms with Gasteiger partial charge in [-0.05, 0) is 19.1 Å². The first-order valence-electron chi connectivity index (χ1n) is 4.97. The minimum atomic E-state index is -1.58. The summed E-state index contributed by atoms with van der Waals surface area (Å²) in [5, 5.41) is 12.4. The van der Waals surface area contributed by atoms with E-state index in [-0.39, 0.29) is 17.7 Å². The molecule has 1 unspecified atom stereocenters. The lowest BCUT2D eigenvalue weighted by atomic mass is 9.96. The Labute approximate surface area is 99.7 Å². The molecule has 1 aliphatic rings. The van der Waals surface area contributed by atoms with Gasteiger partial charge in [-0.2, -0.15) is 0 Å². The predicted molar refractivity (Wildman–Crippen MR) is 54.6 cm³/mol. The lowest BCUT2D eigenvalue weighted by Crippen LogP contribution is -2.35. The molecule has 0 saturated heterocycles. The number of oxime groups is 1. The van der Waals surface area contributed by atoms with Gasteiger partial charge in [0, 0.05) is 12.0 Å². The molecule has 0 saturated carbocycles. The Bertz CT molecular complexity index is 535. The summed E-state index contributed by atoms with van der Waals surface area (Å²) < 4.78 is 38.8. The molecule has 0 bridgehead atoms. The van der Waals surface area contributed by atoms with E-state index in [9.17, 15) is 18.0 Å². The second kappa shape index (κ2) is 4.01. The van der Waals surface area contributed by atoms with Crippen molar-refractivity contribution in [2.24, 2.45) is 5.16 Å². The highest BCUT2D eigenvalue weighted by molar-refractivity contribution is 6.04. The van der Waals surface area contributed by atoms with Crippen LogP contribution in [-0.2, 0) is 9.63 Å². The normalized spacial score (nSPS) is 22.6. The molecular formula is C11H8F3NO3. The van der Waals surface area contributed by atoms with E-state index in [1.807, 2.05) is 0 Å². The van der Waals surface area contributed by atoms with Gasteiger partial charge in [-0.3, -0.25) is 0 Å². The van der Waals surface area contributed by atoms with E-state index >= 15 is 0 Å². The number of hydrogen-bond donors (Lipinski definition) is 1. The second-order valence-electron chi connectivity index (χ2n) is 4.10. The van der Waals surface area contributed by atoms with Crippen LogP contribution in [0.5, 0.6) is 0 Å². The van der Waals surface area contributed by atoms with Gasteiger partial charge in [-0.25, -0.2) is 18.0 Å². The first-order chi connectivity index (χ1) is 8.33. The molecule has 18 heavy (non-hydrogen) atoms. The zero-order chi connectivity index (χ0) is 13.5. The van der Waals surface area contributed by atoms with E-state index in [1.165, 1.54) is 6.92 Å². The van der Waals surface area contributed by atoms with E-state index in [4.69, 9.17) is 9.94 Å². The first-order valence-corrected chi connectivity index (χ1v) is 4.97. The van der Waals surface area contributed by atoms with Crippen LogP contribution in [0.3, 0.4) is 0 Å². The van der Waals surface area contributed by atoms with Gasteiger partial charge in [0.1, 0.15) is 0 Å². The van der Waals surface area contributed by atoms with Crippen LogP contribution in [0, 0.1) is 17.5 Å². The van der Waals surface area contributed by atoms with Crippen LogP contribution in [0.4, 0.5) is 13.2 Å². The molecule has 0 radical (unpaired) electrons. The minimum absolute atomic E-state index is 0.0450. The monoisotopic (exact) mass is 259 g/mol. The Morgan fingerprint density at radius 2 is 1.94 bits per heavy atom. The van der Waals surface area contributed by atoms with E-state index in [0.29, 0.717) is 0 Å². The van der Waals surface area contributed by atoms with Crippen LogP contribution in [0.15, 0.2) is 17.3 Å². The van der Waals surface area contributed by atoms with Gasteiger partial charge in [0.05, 0.1) is 5.71 Å². The molecule has 1 aliphatic heterocycles. The van der Waals surface area contributed by atoms with Crippen molar-refractivity contribution in [1.82, 2.24) is 0 Å². The smallest absolute Gasteiger partial charge is 0.351 e. The molecule has 4 nitrogen and oxygen atoms in total. The average Bonchev–Trinajstić information content (AvgIpc) is 2.69. The molecule has 2 rings (SSSR count). The maximum atomic E-state index is 13.0. The van der Waals surface area contributed by atoms with Crippen molar-refractivity contribution in [2.75, 3.05) is 0 Å². The number of halogens is 3. The van der Waals surface area contributed by atoms with Crippen molar-refractivity contribution in [3.8, 4) is 0 Å². The fourth-order valence-corrected chi connectivity index (χ4v) is 1.53. The number of carboxylic acid groups (broad SMARTS) is 1. The van der Waals surface area contributed by atoms with Gasteiger partial charge in [0.15, 0.2) is 17.5 Å². The SMILES string of the molecule is CC1(C(=O)O)CC(c2cc(F)c(F)c(F)c2)=NO1. The Balaban J connectivity index is 2.33. The molecule has 1 aromatic rings. The topological polar surface area (TPSA) is 58.9 Å². The maximum absolute atomic E-state index is 13.0. The van der Waals surface area contributed by atoms with Crippen LogP contribution in [-0.4, -0.2) is 22.4 Å². The van der Waals surface area contributed by atoms with Gasteiger partial charge < -0.3 is 9.94 Å². The maximum Gasteiger partial charge on any atom is 0.351 e. The highest BCUT2D eigenvalue weighted by Gasteiger charge is 2.42. The molecule has 0 amide bonds. The molecule has 0 spiro atoms. The van der Waals surface area contributed by atoms with Crippen LogP contribution < -0.4 is 0 Å². The Hall–Kier alpha value is -2.05. The number of carboxylic acids is 1. The number of hydrogen-bond acceptors (Lipinski definition) is 3. The summed E-state index contributed by atoms with van der Waals surface area (Å²) in [4.78, 5) is 15.6. The molecule has 0 aliphatic carbocycles. The fourth-order valence-electron chi connectivity index (χ4n) is 1.53. The van der Waals surface area contributed by atoms with Crippen molar-refractivity contribution in [1.29, 1.82) is 0 Å². The first kappa shape index (κ1) is 12.4. The standard InChI is InChI=1S/C11H8F3NO3/c1-11(10(16)17)4-8(15-18-11)5-2-6(12)9(14)7(13)3-5/h2-3H,4H2,1H3,(H,16,17). The fraction of sp³-hybridized carbons (Fsp3) is 0.273. The number of benzene rings is 1. The molecule has 1 atom stereocenters. The summed E-state index contributed by atoms with van der Waals surface area (Å²) in [5.74, 6) is -5.56. The molecule has 1 N–H and O–H groups in total. The lowest BCUT2D eigenvalue weighted by molar-refractivity contribution is -0.160. The van der Waals surface area contributed by atoms with E-state index < -0.39 is 29.0 Å². The number of aliphatic carboxylic acids is 1. The zero-order valence-corrected chi connectivity index (χ0v) is 9.21. The summed E-state index contributed by atoms with van der Waals surface area (Å²) in [6.07, 6.45) is -0.160. The van der Waals surface area contributed by atoms with Gasteiger partial charge in [0.2, 0.25) is 5.60 Å². The van der Waals surface area contributed by atoms with E-state index in [0.717, 1.165) is 12.1 Å². The molecule has 7 heteroatoms. The molecular weight excluding hydrogens is 251 g/mol. The van der Waals surface area contributed by atoms with E-state index in [1.54, 1.807) is 0 Å². The minimum Gasteiger partial charge on any atom is -0.478 e. The lowest BCUT2D eigenvalue weighted by Gasteiger charge is -2.14. The summed E-state index contributed by atoms with van der Waals surface area (Å²) >= 11 is 0. The molecule has 1 aromatic carbocycles. The molecule has 1 heterocycles. The van der Waals surface area contributed by atoms with Crippen molar-refractivity contribution in [3.05, 3.63) is 35.1 Å². The molecule has 96 valence electrons. The quantitative estimate of drug-likeness (QED) is 0.827. The number of rotatable bonds is 2. The molecule has 0 fully saturated rings. The van der Waals surface area contributed by atoms with Gasteiger partial charge >= 0.3 is 5.97 Å². The van der Waals surface area contributed by atoms with E-state index in [2.05, 4.69) is 5.16 Å². The zero-order valence-electron chi connectivity index (χ0n) is 9.21. The third-order valence-corrected chi connectivity index (χ3v) is 2.63. The van der Waals surface area contributed by atoms with Crippen molar-refractivity contribution in [3.63, 3.8) is 0 Å². The van der Waals surface area contributed by atoms with Crippen LogP contribution >= 0.6 is 0 Å². The Morgan fingerprint density at radius 3 is 2.39 bits per heavy atom. The van der Waals surface area contributed by atoms with Crippen molar-refractivity contribution >= 4 is 11.7 Å². The number of nitrogens with zero attached hydrogens (tertiary/aromatic N) is 1. The van der Waals surface area contributed by atoms with Gasteiger partial charge in [-0.15, -0.1) is 0 Å². The van der Waals surface area contributed by atoms with Crippen LogP contribution in [0.1, 0.15) is 18.9 Å². The highest BCUT2D eigenvalue weighted by Crippen LogP contribution is 2.27. The van der Waals surface area contributed by atoms with Crippen LogP contribution in [0.2, 0.25) is 0 Å².